The molecule has 3 rings (SSSR count). The van der Waals surface area contributed by atoms with Crippen LogP contribution in [0.15, 0.2) is 47.1 Å². The number of hydrogen-bond acceptors (Lipinski definition) is 5. The summed E-state index contributed by atoms with van der Waals surface area (Å²) in [5, 5.41) is 2.61. The number of amides is 1. The largest absolute Gasteiger partial charge is 0.468 e. The number of sulfone groups is 1. The zero-order valence-electron chi connectivity index (χ0n) is 14.8. The summed E-state index contributed by atoms with van der Waals surface area (Å²) in [6.45, 7) is 2.00. The summed E-state index contributed by atoms with van der Waals surface area (Å²) in [4.78, 5) is 13.9. The van der Waals surface area contributed by atoms with Gasteiger partial charge in [-0.1, -0.05) is 12.1 Å². The molecule has 1 atom stereocenters. The molecule has 2 aromatic rings. The monoisotopic (exact) mass is 376 g/mol. The maximum Gasteiger partial charge on any atom is 0.251 e. The Labute approximate surface area is 154 Å². The number of furan rings is 1. The van der Waals surface area contributed by atoms with Gasteiger partial charge in [0, 0.05) is 25.7 Å². The minimum absolute atomic E-state index is 0.111. The van der Waals surface area contributed by atoms with E-state index >= 15 is 0 Å². The Balaban J connectivity index is 1.69. The third-order valence-electron chi connectivity index (χ3n) is 4.65. The Morgan fingerprint density at radius 2 is 2.00 bits per heavy atom. The first-order valence-electron chi connectivity index (χ1n) is 8.71. The standard InChI is InChI=1S/C19H24N2O4S/c1-20-19(22)17-6-4-15(5-7-17)11-21(13-18-3-2-9-25-18)12-16-8-10-26(23,24)14-16/h2-7,9,16H,8,10-14H2,1H3,(H,20,22). The topological polar surface area (TPSA) is 79.6 Å². The van der Waals surface area contributed by atoms with Gasteiger partial charge >= 0.3 is 0 Å². The van der Waals surface area contributed by atoms with Gasteiger partial charge < -0.3 is 9.73 Å². The Bertz CT molecular complexity index is 829. The molecule has 2 heterocycles. The van der Waals surface area contributed by atoms with E-state index < -0.39 is 9.84 Å². The molecule has 1 N–H and O–H groups in total. The average molecular weight is 376 g/mol. The summed E-state index contributed by atoms with van der Waals surface area (Å²) in [6, 6.07) is 11.3. The van der Waals surface area contributed by atoms with E-state index in [9.17, 15) is 13.2 Å². The van der Waals surface area contributed by atoms with Crippen molar-refractivity contribution in [1.82, 2.24) is 10.2 Å². The van der Waals surface area contributed by atoms with E-state index in [0.717, 1.165) is 11.3 Å². The number of nitrogens with one attached hydrogen (secondary N) is 1. The van der Waals surface area contributed by atoms with Crippen LogP contribution in [0.1, 0.15) is 28.1 Å². The van der Waals surface area contributed by atoms with Gasteiger partial charge in [0.2, 0.25) is 0 Å². The van der Waals surface area contributed by atoms with Crippen molar-refractivity contribution in [1.29, 1.82) is 0 Å². The van der Waals surface area contributed by atoms with Crippen molar-refractivity contribution < 1.29 is 17.6 Å². The first-order valence-corrected chi connectivity index (χ1v) is 10.5. The van der Waals surface area contributed by atoms with Crippen molar-refractivity contribution in [3.05, 3.63) is 59.5 Å². The average Bonchev–Trinajstić information content (AvgIpc) is 3.24. The first kappa shape index (κ1) is 18.7. The summed E-state index contributed by atoms with van der Waals surface area (Å²) < 4.78 is 29.0. The summed E-state index contributed by atoms with van der Waals surface area (Å²) in [5.41, 5.74) is 1.70. The Hall–Kier alpha value is -2.12. The predicted molar refractivity (Wildman–Crippen MR) is 99.4 cm³/mol. The molecule has 1 aliphatic heterocycles. The van der Waals surface area contributed by atoms with Gasteiger partial charge in [-0.25, -0.2) is 8.42 Å². The SMILES string of the molecule is CNC(=O)c1ccc(CN(Cc2ccco2)CC2CCS(=O)(=O)C2)cc1. The number of nitrogens with zero attached hydrogens (tertiary/aromatic N) is 1. The Morgan fingerprint density at radius 1 is 1.23 bits per heavy atom. The highest BCUT2D eigenvalue weighted by molar-refractivity contribution is 7.91. The number of carbonyl (C=O) groups is 1. The lowest BCUT2D eigenvalue weighted by Crippen LogP contribution is -2.29. The summed E-state index contributed by atoms with van der Waals surface area (Å²) >= 11 is 0. The van der Waals surface area contributed by atoms with Crippen molar-refractivity contribution in [3.8, 4) is 0 Å². The van der Waals surface area contributed by atoms with Crippen molar-refractivity contribution >= 4 is 15.7 Å². The van der Waals surface area contributed by atoms with Crippen LogP contribution in [0.3, 0.4) is 0 Å². The molecule has 0 radical (unpaired) electrons. The van der Waals surface area contributed by atoms with Crippen LogP contribution in [0.5, 0.6) is 0 Å². The lowest BCUT2D eigenvalue weighted by molar-refractivity contribution is 0.0963. The molecule has 0 bridgehead atoms. The smallest absolute Gasteiger partial charge is 0.251 e. The molecule has 1 saturated heterocycles. The third kappa shape index (κ3) is 4.95. The van der Waals surface area contributed by atoms with Gasteiger partial charge in [-0.3, -0.25) is 9.69 Å². The maximum atomic E-state index is 11.8. The first-order chi connectivity index (χ1) is 12.4. The molecule has 0 aliphatic carbocycles. The molecule has 1 aromatic heterocycles. The zero-order valence-corrected chi connectivity index (χ0v) is 15.7. The predicted octanol–water partition coefficient (Wildman–Crippen LogP) is 2.08. The van der Waals surface area contributed by atoms with E-state index in [2.05, 4.69) is 10.2 Å². The van der Waals surface area contributed by atoms with Gasteiger partial charge in [-0.2, -0.15) is 0 Å². The maximum absolute atomic E-state index is 11.8. The van der Waals surface area contributed by atoms with E-state index in [1.54, 1.807) is 25.4 Å². The van der Waals surface area contributed by atoms with Gasteiger partial charge in [0.25, 0.3) is 5.91 Å². The van der Waals surface area contributed by atoms with Gasteiger partial charge in [0.1, 0.15) is 5.76 Å². The fourth-order valence-electron chi connectivity index (χ4n) is 3.35. The molecule has 1 fully saturated rings. The molecule has 1 aliphatic rings. The van der Waals surface area contributed by atoms with Gasteiger partial charge in [0.15, 0.2) is 9.84 Å². The molecule has 26 heavy (non-hydrogen) atoms. The highest BCUT2D eigenvalue weighted by Crippen LogP contribution is 2.22. The van der Waals surface area contributed by atoms with Crippen molar-refractivity contribution in [2.45, 2.75) is 19.5 Å². The van der Waals surface area contributed by atoms with Crippen LogP contribution in [0, 0.1) is 5.92 Å². The van der Waals surface area contributed by atoms with Gasteiger partial charge in [0.05, 0.1) is 24.3 Å². The highest BCUT2D eigenvalue weighted by Gasteiger charge is 2.29. The van der Waals surface area contributed by atoms with Gasteiger partial charge in [-0.05, 0) is 42.2 Å². The lowest BCUT2D eigenvalue weighted by atomic mass is 10.1. The third-order valence-corrected chi connectivity index (χ3v) is 6.49. The lowest BCUT2D eigenvalue weighted by Gasteiger charge is -2.24. The van der Waals surface area contributed by atoms with E-state index in [1.165, 1.54) is 0 Å². The summed E-state index contributed by atoms with van der Waals surface area (Å²) in [5.74, 6) is 1.44. The Morgan fingerprint density at radius 3 is 2.58 bits per heavy atom. The number of benzene rings is 1. The highest BCUT2D eigenvalue weighted by atomic mass is 32.2. The molecule has 0 saturated carbocycles. The van der Waals surface area contributed by atoms with E-state index in [-0.39, 0.29) is 23.3 Å². The number of carbonyl (C=O) groups excluding carboxylic acids is 1. The van der Waals surface area contributed by atoms with E-state index in [4.69, 9.17) is 4.42 Å². The minimum atomic E-state index is -2.89. The van der Waals surface area contributed by atoms with Gasteiger partial charge in [-0.15, -0.1) is 0 Å². The summed E-state index contributed by atoms with van der Waals surface area (Å²) in [6.07, 6.45) is 2.36. The quantitative estimate of drug-likeness (QED) is 0.800. The van der Waals surface area contributed by atoms with Crippen molar-refractivity contribution in [3.63, 3.8) is 0 Å². The fraction of sp³-hybridized carbons (Fsp3) is 0.421. The second-order valence-corrected chi connectivity index (χ2v) is 9.02. The molecule has 7 heteroatoms. The van der Waals surface area contributed by atoms with E-state index in [1.807, 2.05) is 24.3 Å². The molecule has 1 aromatic carbocycles. The molecule has 1 unspecified atom stereocenters. The molecule has 6 nitrogen and oxygen atoms in total. The van der Waals surface area contributed by atoms with E-state index in [0.29, 0.717) is 31.6 Å². The molecule has 140 valence electrons. The van der Waals surface area contributed by atoms with Crippen LogP contribution in [0.4, 0.5) is 0 Å². The van der Waals surface area contributed by atoms with Crippen LogP contribution in [-0.4, -0.2) is 44.3 Å². The van der Waals surface area contributed by atoms with Crippen molar-refractivity contribution in [2.75, 3.05) is 25.1 Å². The van der Waals surface area contributed by atoms with Crippen LogP contribution < -0.4 is 5.32 Å². The molecule has 1 amide bonds. The second-order valence-electron chi connectivity index (χ2n) is 6.79. The zero-order chi connectivity index (χ0) is 18.6. The molecular formula is C19H24N2O4S. The fourth-order valence-corrected chi connectivity index (χ4v) is 5.20. The molecule has 0 spiro atoms. The minimum Gasteiger partial charge on any atom is -0.468 e. The number of rotatable bonds is 7. The van der Waals surface area contributed by atoms with Crippen LogP contribution in [0.25, 0.3) is 0 Å². The molecular weight excluding hydrogens is 352 g/mol. The number of hydrogen-bond donors (Lipinski definition) is 1. The van der Waals surface area contributed by atoms with Crippen LogP contribution >= 0.6 is 0 Å². The second kappa shape index (κ2) is 8.05. The van der Waals surface area contributed by atoms with Crippen LogP contribution in [-0.2, 0) is 22.9 Å². The van der Waals surface area contributed by atoms with Crippen LogP contribution in [0.2, 0.25) is 0 Å². The normalized spacial score (nSPS) is 18.9. The summed E-state index contributed by atoms with van der Waals surface area (Å²) in [7, 11) is -1.28. The Kier molecular flexibility index (Phi) is 5.78. The van der Waals surface area contributed by atoms with Crippen molar-refractivity contribution in [2.24, 2.45) is 5.92 Å².